The van der Waals surface area contributed by atoms with Crippen molar-refractivity contribution >= 4 is 23.2 Å². The molecule has 0 unspecified atom stereocenters. The third kappa shape index (κ3) is 4.39. The Labute approximate surface area is 180 Å². The molecule has 1 saturated heterocycles. The maximum Gasteiger partial charge on any atom is 0.326 e. The Morgan fingerprint density at radius 3 is 2.65 bits per heavy atom. The number of nitrogens with zero attached hydrogens (tertiary/aromatic N) is 3. The first-order chi connectivity index (χ1) is 15.3. The molecule has 0 amide bonds. The van der Waals surface area contributed by atoms with Gasteiger partial charge in [0, 0.05) is 38.2 Å². The van der Waals surface area contributed by atoms with Crippen LogP contribution in [0.3, 0.4) is 0 Å². The number of H-pyrrole nitrogens is 1. The molecule has 0 aliphatic carbocycles. The number of para-hydroxylation sites is 2. The van der Waals surface area contributed by atoms with Crippen molar-refractivity contribution in [2.45, 2.75) is 25.3 Å². The van der Waals surface area contributed by atoms with Crippen molar-refractivity contribution in [1.82, 2.24) is 19.6 Å². The van der Waals surface area contributed by atoms with E-state index in [9.17, 15) is 4.79 Å². The SMILES string of the molecule is O=c1[nH]c2ccccc2n1C1CCN(CCc2cc(/C=C/c3ccccc3)no2)CC1. The fraction of sp³-hybridized carbons (Fsp3) is 0.280. The number of imidazole rings is 1. The predicted molar refractivity (Wildman–Crippen MR) is 123 cm³/mol. The molecule has 0 bridgehead atoms. The Morgan fingerprint density at radius 1 is 1.03 bits per heavy atom. The lowest BCUT2D eigenvalue weighted by molar-refractivity contribution is 0.184. The summed E-state index contributed by atoms with van der Waals surface area (Å²) in [6.07, 6.45) is 6.81. The molecule has 1 aliphatic rings. The molecule has 1 N–H and O–H groups in total. The quantitative estimate of drug-likeness (QED) is 0.509. The van der Waals surface area contributed by atoms with Crippen molar-refractivity contribution in [2.24, 2.45) is 0 Å². The van der Waals surface area contributed by atoms with Gasteiger partial charge in [0.1, 0.15) is 11.5 Å². The summed E-state index contributed by atoms with van der Waals surface area (Å²) in [4.78, 5) is 17.9. The number of piperidine rings is 1. The lowest BCUT2D eigenvalue weighted by Gasteiger charge is -2.32. The summed E-state index contributed by atoms with van der Waals surface area (Å²) in [6, 6.07) is 20.4. The molecule has 6 nitrogen and oxygen atoms in total. The highest BCUT2D eigenvalue weighted by atomic mass is 16.5. The molecule has 0 atom stereocenters. The van der Waals surface area contributed by atoms with Gasteiger partial charge in [0.2, 0.25) is 0 Å². The van der Waals surface area contributed by atoms with E-state index in [1.807, 2.05) is 65.3 Å². The molecule has 0 spiro atoms. The predicted octanol–water partition coefficient (Wildman–Crippen LogP) is 4.37. The van der Waals surface area contributed by atoms with E-state index >= 15 is 0 Å². The zero-order valence-electron chi connectivity index (χ0n) is 17.4. The molecule has 4 aromatic rings. The molecule has 3 heterocycles. The van der Waals surface area contributed by atoms with Crippen LogP contribution in [-0.4, -0.2) is 39.2 Å². The third-order valence-electron chi connectivity index (χ3n) is 6.04. The van der Waals surface area contributed by atoms with Crippen LogP contribution in [0.4, 0.5) is 0 Å². The van der Waals surface area contributed by atoms with Gasteiger partial charge in [-0.3, -0.25) is 4.57 Å². The minimum absolute atomic E-state index is 0.00241. The van der Waals surface area contributed by atoms with Crippen molar-refractivity contribution in [3.8, 4) is 0 Å². The summed E-state index contributed by atoms with van der Waals surface area (Å²) >= 11 is 0. The van der Waals surface area contributed by atoms with Gasteiger partial charge in [-0.05, 0) is 36.6 Å². The van der Waals surface area contributed by atoms with Gasteiger partial charge in [0.15, 0.2) is 0 Å². The molecule has 5 rings (SSSR count). The summed E-state index contributed by atoms with van der Waals surface area (Å²) in [6.45, 7) is 2.89. The van der Waals surface area contributed by atoms with Gasteiger partial charge < -0.3 is 14.4 Å². The van der Waals surface area contributed by atoms with Gasteiger partial charge in [-0.1, -0.05) is 53.7 Å². The number of aromatic nitrogens is 3. The minimum Gasteiger partial charge on any atom is -0.361 e. The molecule has 1 aliphatic heterocycles. The Hall–Kier alpha value is -3.38. The Morgan fingerprint density at radius 2 is 1.81 bits per heavy atom. The van der Waals surface area contributed by atoms with Crippen LogP contribution in [0, 0.1) is 0 Å². The van der Waals surface area contributed by atoms with E-state index in [1.165, 1.54) is 0 Å². The fourth-order valence-electron chi connectivity index (χ4n) is 4.38. The summed E-state index contributed by atoms with van der Waals surface area (Å²) < 4.78 is 7.45. The van der Waals surface area contributed by atoms with E-state index < -0.39 is 0 Å². The van der Waals surface area contributed by atoms with Gasteiger partial charge in [0.05, 0.1) is 11.0 Å². The van der Waals surface area contributed by atoms with Crippen LogP contribution < -0.4 is 5.69 Å². The van der Waals surface area contributed by atoms with Gasteiger partial charge in [-0.25, -0.2) is 4.79 Å². The summed E-state index contributed by atoms with van der Waals surface area (Å²) in [5.74, 6) is 0.905. The van der Waals surface area contributed by atoms with E-state index in [0.29, 0.717) is 0 Å². The van der Waals surface area contributed by atoms with Crippen molar-refractivity contribution in [2.75, 3.05) is 19.6 Å². The van der Waals surface area contributed by atoms with Crippen molar-refractivity contribution in [3.05, 3.63) is 88.2 Å². The molecule has 6 heteroatoms. The molecule has 31 heavy (non-hydrogen) atoms. The van der Waals surface area contributed by atoms with Crippen LogP contribution in [0.1, 0.15) is 35.9 Å². The fourth-order valence-corrected chi connectivity index (χ4v) is 4.38. The number of aromatic amines is 1. The first-order valence-corrected chi connectivity index (χ1v) is 10.9. The number of hydrogen-bond donors (Lipinski definition) is 1. The second-order valence-electron chi connectivity index (χ2n) is 8.10. The Bertz CT molecular complexity index is 1230. The highest BCUT2D eigenvalue weighted by Gasteiger charge is 2.23. The normalized spacial score (nSPS) is 15.9. The molecule has 1 fully saturated rings. The Balaban J connectivity index is 1.15. The number of benzene rings is 2. The number of hydrogen-bond acceptors (Lipinski definition) is 4. The number of likely N-dealkylation sites (tertiary alicyclic amines) is 1. The number of nitrogens with one attached hydrogen (secondary N) is 1. The Kier molecular flexibility index (Phi) is 5.54. The highest BCUT2D eigenvalue weighted by Crippen LogP contribution is 2.25. The maximum absolute atomic E-state index is 12.4. The second kappa shape index (κ2) is 8.78. The lowest BCUT2D eigenvalue weighted by atomic mass is 10.0. The lowest BCUT2D eigenvalue weighted by Crippen LogP contribution is -2.37. The van der Waals surface area contributed by atoms with Crippen LogP contribution >= 0.6 is 0 Å². The standard InChI is InChI=1S/C25H26N4O2/c30-25-26-23-8-4-5-9-24(23)29(25)21-12-15-28(16-13-21)17-14-22-18-20(27-31-22)11-10-19-6-2-1-3-7-19/h1-11,18,21H,12-17H2,(H,26,30)/b11-10+. The molecule has 158 valence electrons. The van der Waals surface area contributed by atoms with Crippen molar-refractivity contribution in [1.29, 1.82) is 0 Å². The van der Waals surface area contributed by atoms with E-state index in [2.05, 4.69) is 27.2 Å². The maximum atomic E-state index is 12.4. The molecular formula is C25H26N4O2. The van der Waals surface area contributed by atoms with Crippen molar-refractivity contribution in [3.63, 3.8) is 0 Å². The average molecular weight is 415 g/mol. The summed E-state index contributed by atoms with van der Waals surface area (Å²) in [5, 5.41) is 4.16. The van der Waals surface area contributed by atoms with Gasteiger partial charge >= 0.3 is 5.69 Å². The zero-order chi connectivity index (χ0) is 21.0. The van der Waals surface area contributed by atoms with Crippen molar-refractivity contribution < 1.29 is 4.52 Å². The van der Waals surface area contributed by atoms with Crippen LogP contribution in [-0.2, 0) is 6.42 Å². The first-order valence-electron chi connectivity index (χ1n) is 10.9. The largest absolute Gasteiger partial charge is 0.361 e. The topological polar surface area (TPSA) is 67.1 Å². The monoisotopic (exact) mass is 414 g/mol. The van der Waals surface area contributed by atoms with Crippen LogP contribution in [0.5, 0.6) is 0 Å². The minimum atomic E-state index is -0.00241. The smallest absolute Gasteiger partial charge is 0.326 e. The average Bonchev–Trinajstić information content (AvgIpc) is 3.40. The van der Waals surface area contributed by atoms with Crippen LogP contribution in [0.25, 0.3) is 23.2 Å². The number of rotatable bonds is 6. The second-order valence-corrected chi connectivity index (χ2v) is 8.10. The van der Waals surface area contributed by atoms with E-state index in [4.69, 9.17) is 4.52 Å². The van der Waals surface area contributed by atoms with E-state index in [1.54, 1.807) is 0 Å². The first kappa shape index (κ1) is 19.6. The molecular weight excluding hydrogens is 388 g/mol. The van der Waals surface area contributed by atoms with E-state index in [-0.39, 0.29) is 11.7 Å². The third-order valence-corrected chi connectivity index (χ3v) is 6.04. The molecule has 0 saturated carbocycles. The van der Waals surface area contributed by atoms with Crippen LogP contribution in [0.2, 0.25) is 0 Å². The molecule has 2 aromatic carbocycles. The zero-order valence-corrected chi connectivity index (χ0v) is 17.4. The molecule has 0 radical (unpaired) electrons. The number of fused-ring (bicyclic) bond motifs is 1. The van der Waals surface area contributed by atoms with Gasteiger partial charge in [0.25, 0.3) is 0 Å². The van der Waals surface area contributed by atoms with Gasteiger partial charge in [-0.2, -0.15) is 0 Å². The summed E-state index contributed by atoms with van der Waals surface area (Å²) in [5.41, 5.74) is 3.90. The van der Waals surface area contributed by atoms with Crippen LogP contribution in [0.15, 0.2) is 70.0 Å². The highest BCUT2D eigenvalue weighted by molar-refractivity contribution is 5.75. The summed E-state index contributed by atoms with van der Waals surface area (Å²) in [7, 11) is 0. The van der Waals surface area contributed by atoms with E-state index in [0.717, 1.165) is 66.9 Å². The van der Waals surface area contributed by atoms with Gasteiger partial charge in [-0.15, -0.1) is 0 Å². The molecule has 2 aromatic heterocycles.